The number of hydrogen-bond acceptors (Lipinski definition) is 6. The Hall–Kier alpha value is -3.03. The molecule has 4 rings (SSSR count). The number of nitrogens with zero attached hydrogens (tertiary/aromatic N) is 4. The predicted molar refractivity (Wildman–Crippen MR) is 100.0 cm³/mol. The van der Waals surface area contributed by atoms with Gasteiger partial charge in [-0.15, -0.1) is 0 Å². The van der Waals surface area contributed by atoms with Crippen molar-refractivity contribution in [2.45, 2.75) is 38.8 Å². The van der Waals surface area contributed by atoms with Gasteiger partial charge in [0.2, 0.25) is 11.9 Å². The first-order valence-electron chi connectivity index (χ1n) is 9.10. The fourth-order valence-electron chi connectivity index (χ4n) is 4.10. The van der Waals surface area contributed by atoms with Crippen molar-refractivity contribution in [2.24, 2.45) is 17.6 Å². The van der Waals surface area contributed by atoms with Gasteiger partial charge in [0.1, 0.15) is 5.69 Å². The molecule has 0 unspecified atom stereocenters. The lowest BCUT2D eigenvalue weighted by atomic mass is 9.80. The standard InChI is InChI=1S/C19H22N6O2/c1-10-16(24-19-21-6-3-7-22-19)13-8-14(18(20)27)23-9-15(13)25(11(2)26)17(10)12-4-5-12/h3,6-10,12,16-17H,4-5H2,1-2H3,(H2,20,27)(H,21,22,24)/t10-,16-,17-/m1/s1. The molecule has 0 aromatic carbocycles. The van der Waals surface area contributed by atoms with E-state index in [1.807, 2.05) is 4.90 Å². The first kappa shape index (κ1) is 17.4. The van der Waals surface area contributed by atoms with Crippen molar-refractivity contribution in [3.8, 4) is 0 Å². The Morgan fingerprint density at radius 1 is 1.22 bits per heavy atom. The van der Waals surface area contributed by atoms with E-state index in [1.54, 1.807) is 37.6 Å². The van der Waals surface area contributed by atoms with Crippen LogP contribution in [0.3, 0.4) is 0 Å². The highest BCUT2D eigenvalue weighted by Gasteiger charge is 2.48. The number of hydrogen-bond donors (Lipinski definition) is 2. The third-order valence-electron chi connectivity index (χ3n) is 5.42. The van der Waals surface area contributed by atoms with Crippen LogP contribution in [0.25, 0.3) is 0 Å². The largest absolute Gasteiger partial charge is 0.364 e. The molecule has 1 saturated carbocycles. The second-order valence-electron chi connectivity index (χ2n) is 7.26. The van der Waals surface area contributed by atoms with Crippen molar-refractivity contribution in [1.82, 2.24) is 15.0 Å². The van der Waals surface area contributed by atoms with Crippen LogP contribution < -0.4 is 16.0 Å². The first-order valence-corrected chi connectivity index (χ1v) is 9.10. The lowest BCUT2D eigenvalue weighted by Crippen LogP contribution is -2.51. The summed E-state index contributed by atoms with van der Waals surface area (Å²) < 4.78 is 0. The van der Waals surface area contributed by atoms with Crippen molar-refractivity contribution >= 4 is 23.5 Å². The van der Waals surface area contributed by atoms with Gasteiger partial charge in [0.05, 0.1) is 17.9 Å². The van der Waals surface area contributed by atoms with Gasteiger partial charge in [-0.1, -0.05) is 6.92 Å². The van der Waals surface area contributed by atoms with Gasteiger partial charge in [0, 0.05) is 36.8 Å². The Balaban J connectivity index is 1.84. The zero-order valence-corrected chi connectivity index (χ0v) is 15.3. The summed E-state index contributed by atoms with van der Waals surface area (Å²) in [6, 6.07) is 3.33. The van der Waals surface area contributed by atoms with Crippen molar-refractivity contribution in [1.29, 1.82) is 0 Å². The van der Waals surface area contributed by atoms with Crippen LogP contribution in [0.15, 0.2) is 30.7 Å². The normalized spacial score (nSPS) is 24.2. The highest BCUT2D eigenvalue weighted by molar-refractivity contribution is 5.96. The summed E-state index contributed by atoms with van der Waals surface area (Å²) in [5.74, 6) is 0.445. The Morgan fingerprint density at radius 2 is 1.93 bits per heavy atom. The molecule has 0 bridgehead atoms. The Morgan fingerprint density at radius 3 is 2.52 bits per heavy atom. The molecule has 8 nitrogen and oxygen atoms in total. The molecule has 2 aromatic heterocycles. The fourth-order valence-corrected chi connectivity index (χ4v) is 4.10. The number of carbonyl (C=O) groups excluding carboxylic acids is 2. The molecule has 8 heteroatoms. The first-order chi connectivity index (χ1) is 13.0. The zero-order chi connectivity index (χ0) is 19.1. The second kappa shape index (κ2) is 6.61. The fraction of sp³-hybridized carbons (Fsp3) is 0.421. The Bertz CT molecular complexity index is 883. The molecular formula is C19H22N6O2. The summed E-state index contributed by atoms with van der Waals surface area (Å²) >= 11 is 0. The van der Waals surface area contributed by atoms with E-state index in [1.165, 1.54) is 0 Å². The van der Waals surface area contributed by atoms with Gasteiger partial charge in [-0.3, -0.25) is 9.59 Å². The average Bonchev–Trinajstić information content (AvgIpc) is 3.48. The van der Waals surface area contributed by atoms with Crippen LogP contribution in [0.4, 0.5) is 11.6 Å². The molecule has 1 aliphatic carbocycles. The zero-order valence-electron chi connectivity index (χ0n) is 15.3. The maximum absolute atomic E-state index is 12.5. The van der Waals surface area contributed by atoms with Crippen LogP contribution in [0.2, 0.25) is 0 Å². The van der Waals surface area contributed by atoms with E-state index in [2.05, 4.69) is 27.2 Å². The number of pyridine rings is 1. The Labute approximate surface area is 157 Å². The summed E-state index contributed by atoms with van der Waals surface area (Å²) in [7, 11) is 0. The van der Waals surface area contributed by atoms with Crippen LogP contribution in [0.1, 0.15) is 48.8 Å². The molecule has 140 valence electrons. The van der Waals surface area contributed by atoms with Crippen LogP contribution in [0, 0.1) is 11.8 Å². The van der Waals surface area contributed by atoms with Crippen LogP contribution >= 0.6 is 0 Å². The molecule has 2 aliphatic rings. The summed E-state index contributed by atoms with van der Waals surface area (Å²) in [5.41, 5.74) is 7.14. The molecule has 0 radical (unpaired) electrons. The smallest absolute Gasteiger partial charge is 0.267 e. The lowest BCUT2D eigenvalue weighted by Gasteiger charge is -2.45. The van der Waals surface area contributed by atoms with Gasteiger partial charge in [-0.05, 0) is 30.9 Å². The van der Waals surface area contributed by atoms with E-state index in [0.717, 1.165) is 24.1 Å². The molecule has 3 atom stereocenters. The number of amides is 2. The summed E-state index contributed by atoms with van der Waals surface area (Å²) in [6.45, 7) is 3.69. The average molecular weight is 366 g/mol. The number of aromatic nitrogens is 3. The third kappa shape index (κ3) is 3.11. The third-order valence-corrected chi connectivity index (χ3v) is 5.42. The molecule has 0 saturated heterocycles. The van der Waals surface area contributed by atoms with Gasteiger partial charge in [0.25, 0.3) is 5.91 Å². The topological polar surface area (TPSA) is 114 Å². The van der Waals surface area contributed by atoms with E-state index in [0.29, 0.717) is 11.9 Å². The lowest BCUT2D eigenvalue weighted by molar-refractivity contribution is -0.117. The van der Waals surface area contributed by atoms with E-state index < -0.39 is 5.91 Å². The number of nitrogens with two attached hydrogens (primary N) is 1. The number of carbonyl (C=O) groups is 2. The number of nitrogens with one attached hydrogen (secondary N) is 1. The number of primary amides is 1. The highest BCUT2D eigenvalue weighted by Crippen LogP contribution is 2.49. The number of fused-ring (bicyclic) bond motifs is 1. The molecule has 0 spiro atoms. The highest BCUT2D eigenvalue weighted by atomic mass is 16.2. The van der Waals surface area contributed by atoms with Crippen molar-refractivity contribution < 1.29 is 9.59 Å². The summed E-state index contributed by atoms with van der Waals surface area (Å²) in [4.78, 5) is 38.7. The summed E-state index contributed by atoms with van der Waals surface area (Å²) in [5, 5.41) is 3.38. The molecule has 1 aliphatic heterocycles. The molecular weight excluding hydrogens is 344 g/mol. The van der Waals surface area contributed by atoms with E-state index in [-0.39, 0.29) is 29.6 Å². The molecule has 3 N–H and O–H groups in total. The predicted octanol–water partition coefficient (Wildman–Crippen LogP) is 1.90. The SMILES string of the molecule is CC(=O)N1c2cnc(C(N)=O)cc2[C@H](Nc2ncccn2)[C@@H](C)[C@@H]1C1CC1. The van der Waals surface area contributed by atoms with Gasteiger partial charge >= 0.3 is 0 Å². The van der Waals surface area contributed by atoms with Crippen LogP contribution in [-0.4, -0.2) is 32.8 Å². The second-order valence-corrected chi connectivity index (χ2v) is 7.26. The number of rotatable bonds is 4. The molecule has 3 heterocycles. The minimum absolute atomic E-state index is 0.0250. The molecule has 2 amide bonds. The molecule has 27 heavy (non-hydrogen) atoms. The quantitative estimate of drug-likeness (QED) is 0.854. The van der Waals surface area contributed by atoms with Gasteiger partial charge in [-0.2, -0.15) is 0 Å². The van der Waals surface area contributed by atoms with E-state index >= 15 is 0 Å². The maximum Gasteiger partial charge on any atom is 0.267 e. The van der Waals surface area contributed by atoms with Crippen molar-refractivity contribution in [3.05, 3.63) is 42.0 Å². The minimum Gasteiger partial charge on any atom is -0.364 e. The van der Waals surface area contributed by atoms with Crippen molar-refractivity contribution in [3.63, 3.8) is 0 Å². The van der Waals surface area contributed by atoms with Gasteiger partial charge in [0.15, 0.2) is 0 Å². The molecule has 2 aromatic rings. The molecule has 1 fully saturated rings. The Kier molecular flexibility index (Phi) is 4.25. The number of anilines is 2. The van der Waals surface area contributed by atoms with Crippen LogP contribution in [-0.2, 0) is 4.79 Å². The van der Waals surface area contributed by atoms with E-state index in [9.17, 15) is 9.59 Å². The monoisotopic (exact) mass is 366 g/mol. The van der Waals surface area contributed by atoms with Crippen LogP contribution in [0.5, 0.6) is 0 Å². The summed E-state index contributed by atoms with van der Waals surface area (Å²) in [6.07, 6.45) is 7.14. The minimum atomic E-state index is -0.598. The van der Waals surface area contributed by atoms with Gasteiger partial charge < -0.3 is 16.0 Å². The van der Waals surface area contributed by atoms with Gasteiger partial charge in [-0.25, -0.2) is 15.0 Å². The maximum atomic E-state index is 12.5. The van der Waals surface area contributed by atoms with E-state index in [4.69, 9.17) is 5.73 Å². The van der Waals surface area contributed by atoms with Crippen molar-refractivity contribution in [2.75, 3.05) is 10.2 Å².